The zero-order chi connectivity index (χ0) is 14.1. The van der Waals surface area contributed by atoms with E-state index in [1.54, 1.807) is 0 Å². The van der Waals surface area contributed by atoms with E-state index in [1.807, 2.05) is 0 Å². The van der Waals surface area contributed by atoms with E-state index in [2.05, 4.69) is 20.9 Å². The van der Waals surface area contributed by atoms with Gasteiger partial charge in [-0.15, -0.1) is 0 Å². The fourth-order valence-corrected chi connectivity index (χ4v) is 1.74. The molecule has 0 aliphatic carbocycles. The lowest BCUT2D eigenvalue weighted by atomic mass is 9.90. The van der Waals surface area contributed by atoms with Gasteiger partial charge in [0.1, 0.15) is 10.4 Å². The van der Waals surface area contributed by atoms with Crippen molar-refractivity contribution >= 4 is 15.9 Å². The molecule has 1 heterocycles. The topological polar surface area (TPSA) is 59.1 Å². The number of aliphatic hydroxyl groups excluding tert-OH is 1. The van der Waals surface area contributed by atoms with Gasteiger partial charge in [0.05, 0.1) is 11.2 Å². The number of nitrogens with zero attached hydrogens (tertiary/aromatic N) is 1. The molecule has 0 fully saturated rings. The van der Waals surface area contributed by atoms with E-state index in [9.17, 15) is 17.6 Å². The minimum atomic E-state index is -4.80. The lowest BCUT2D eigenvalue weighted by molar-refractivity contribution is -0.209. The van der Waals surface area contributed by atoms with Gasteiger partial charge in [0.25, 0.3) is 0 Å². The Bertz CT molecular complexity index is 436. The average molecular weight is 331 g/mol. The molecule has 1 aromatic rings. The molecule has 0 aliphatic rings. The van der Waals surface area contributed by atoms with E-state index in [1.165, 1.54) is 13.0 Å². The number of hydrogen-bond acceptors (Lipinski definition) is 3. The van der Waals surface area contributed by atoms with E-state index < -0.39 is 30.1 Å². The summed E-state index contributed by atoms with van der Waals surface area (Å²) in [5.74, 6) is -0.822. The highest BCUT2D eigenvalue weighted by atomic mass is 79.9. The molecule has 0 aromatic carbocycles. The SMILES string of the molecule is C[C@](N)(C[C@@H](O)C(F)(F)F)c1nc(Br)ccc1F. The van der Waals surface area contributed by atoms with Crippen LogP contribution < -0.4 is 5.73 Å². The van der Waals surface area contributed by atoms with Crippen molar-refractivity contribution in [2.45, 2.75) is 31.2 Å². The minimum absolute atomic E-state index is 0.247. The second-order valence-corrected chi connectivity index (χ2v) is 4.96. The zero-order valence-corrected chi connectivity index (χ0v) is 10.9. The monoisotopic (exact) mass is 330 g/mol. The summed E-state index contributed by atoms with van der Waals surface area (Å²) in [6.45, 7) is 1.18. The van der Waals surface area contributed by atoms with Crippen LogP contribution >= 0.6 is 15.9 Å². The predicted octanol–water partition coefficient (Wildman–Crippen LogP) is 2.47. The van der Waals surface area contributed by atoms with Gasteiger partial charge in [0.2, 0.25) is 0 Å². The van der Waals surface area contributed by atoms with Gasteiger partial charge in [-0.1, -0.05) is 0 Å². The second-order valence-electron chi connectivity index (χ2n) is 4.14. The summed E-state index contributed by atoms with van der Waals surface area (Å²) in [4.78, 5) is 3.72. The molecule has 18 heavy (non-hydrogen) atoms. The van der Waals surface area contributed by atoms with Crippen LogP contribution in [0.2, 0.25) is 0 Å². The van der Waals surface area contributed by atoms with Gasteiger partial charge in [0.15, 0.2) is 6.10 Å². The first-order valence-corrected chi connectivity index (χ1v) is 5.69. The Balaban J connectivity index is 3.02. The molecule has 1 rings (SSSR count). The number of rotatable bonds is 3. The Morgan fingerprint density at radius 1 is 1.44 bits per heavy atom. The highest BCUT2D eigenvalue weighted by molar-refractivity contribution is 9.10. The van der Waals surface area contributed by atoms with Crippen LogP contribution in [0.5, 0.6) is 0 Å². The number of nitrogens with two attached hydrogens (primary N) is 1. The molecule has 0 radical (unpaired) electrons. The van der Waals surface area contributed by atoms with Crippen LogP contribution in [0.15, 0.2) is 16.7 Å². The van der Waals surface area contributed by atoms with Crippen molar-refractivity contribution in [3.05, 3.63) is 28.2 Å². The number of halogens is 5. The average Bonchev–Trinajstić information content (AvgIpc) is 2.19. The smallest absolute Gasteiger partial charge is 0.384 e. The molecule has 2 atom stereocenters. The minimum Gasteiger partial charge on any atom is -0.384 e. The predicted molar refractivity (Wildman–Crippen MR) is 60.1 cm³/mol. The summed E-state index contributed by atoms with van der Waals surface area (Å²) in [7, 11) is 0. The van der Waals surface area contributed by atoms with E-state index in [4.69, 9.17) is 10.8 Å². The Hall–Kier alpha value is -0.730. The van der Waals surface area contributed by atoms with Crippen molar-refractivity contribution in [2.24, 2.45) is 5.73 Å². The van der Waals surface area contributed by atoms with Crippen LogP contribution in [0.4, 0.5) is 17.6 Å². The summed E-state index contributed by atoms with van der Waals surface area (Å²) >= 11 is 2.98. The fourth-order valence-electron chi connectivity index (χ4n) is 1.43. The molecule has 3 nitrogen and oxygen atoms in total. The van der Waals surface area contributed by atoms with Crippen LogP contribution in [-0.2, 0) is 5.54 Å². The summed E-state index contributed by atoms with van der Waals surface area (Å²) in [5.41, 5.74) is 3.56. The van der Waals surface area contributed by atoms with E-state index in [0.29, 0.717) is 0 Å². The maximum absolute atomic E-state index is 13.5. The normalized spacial score (nSPS) is 17.3. The molecule has 0 spiro atoms. The van der Waals surface area contributed by atoms with Crippen molar-refractivity contribution in [1.82, 2.24) is 4.98 Å². The quantitative estimate of drug-likeness (QED) is 0.661. The van der Waals surface area contributed by atoms with Gasteiger partial charge < -0.3 is 10.8 Å². The van der Waals surface area contributed by atoms with Crippen molar-refractivity contribution < 1.29 is 22.7 Å². The first-order chi connectivity index (χ1) is 8.04. The summed E-state index contributed by atoms with van der Waals surface area (Å²) in [6.07, 6.45) is -8.31. The number of aliphatic hydroxyl groups is 1. The molecular formula is C10H11BrF4N2O. The Morgan fingerprint density at radius 3 is 2.50 bits per heavy atom. The number of pyridine rings is 1. The summed E-state index contributed by atoms with van der Waals surface area (Å²) < 4.78 is 50.5. The van der Waals surface area contributed by atoms with Gasteiger partial charge in [-0.3, -0.25) is 0 Å². The maximum atomic E-state index is 13.5. The molecule has 0 amide bonds. The van der Waals surface area contributed by atoms with Crippen LogP contribution in [0.25, 0.3) is 0 Å². The van der Waals surface area contributed by atoms with Gasteiger partial charge in [-0.05, 0) is 35.0 Å². The lowest BCUT2D eigenvalue weighted by Crippen LogP contribution is -2.43. The molecule has 8 heteroatoms. The Labute approximate surface area is 109 Å². The first-order valence-electron chi connectivity index (χ1n) is 4.90. The van der Waals surface area contributed by atoms with Crippen molar-refractivity contribution in [3.63, 3.8) is 0 Å². The number of aromatic nitrogens is 1. The van der Waals surface area contributed by atoms with Gasteiger partial charge >= 0.3 is 6.18 Å². The van der Waals surface area contributed by atoms with Crippen LogP contribution in [-0.4, -0.2) is 22.4 Å². The second kappa shape index (κ2) is 5.10. The third kappa shape index (κ3) is 3.63. The van der Waals surface area contributed by atoms with Crippen molar-refractivity contribution in [2.75, 3.05) is 0 Å². The maximum Gasteiger partial charge on any atom is 0.414 e. The molecule has 0 saturated carbocycles. The van der Waals surface area contributed by atoms with Crippen molar-refractivity contribution in [3.8, 4) is 0 Å². The summed E-state index contributed by atoms with van der Waals surface area (Å²) in [5, 5.41) is 8.98. The largest absolute Gasteiger partial charge is 0.414 e. The zero-order valence-electron chi connectivity index (χ0n) is 9.30. The molecule has 102 valence electrons. The number of alkyl halides is 3. The van der Waals surface area contributed by atoms with E-state index in [-0.39, 0.29) is 10.3 Å². The fraction of sp³-hybridized carbons (Fsp3) is 0.500. The lowest BCUT2D eigenvalue weighted by Gasteiger charge is -2.28. The van der Waals surface area contributed by atoms with Crippen LogP contribution in [0.1, 0.15) is 19.0 Å². The molecule has 0 saturated heterocycles. The molecule has 3 N–H and O–H groups in total. The molecule has 1 aromatic heterocycles. The van der Waals surface area contributed by atoms with Crippen LogP contribution in [0.3, 0.4) is 0 Å². The van der Waals surface area contributed by atoms with E-state index >= 15 is 0 Å². The molecular weight excluding hydrogens is 320 g/mol. The first kappa shape index (κ1) is 15.3. The molecule has 0 aliphatic heterocycles. The van der Waals surface area contributed by atoms with E-state index in [0.717, 1.165) is 6.07 Å². The Morgan fingerprint density at radius 2 is 2.00 bits per heavy atom. The highest BCUT2D eigenvalue weighted by Gasteiger charge is 2.43. The van der Waals surface area contributed by atoms with Crippen LogP contribution in [0, 0.1) is 5.82 Å². The third-order valence-corrected chi connectivity index (χ3v) is 2.79. The van der Waals surface area contributed by atoms with Gasteiger partial charge in [0, 0.05) is 6.42 Å². The third-order valence-electron chi connectivity index (χ3n) is 2.35. The number of hydrogen-bond donors (Lipinski definition) is 2. The molecule has 0 bridgehead atoms. The van der Waals surface area contributed by atoms with Gasteiger partial charge in [-0.2, -0.15) is 13.2 Å². The summed E-state index contributed by atoms with van der Waals surface area (Å²) in [6, 6.07) is 2.34. The van der Waals surface area contributed by atoms with Crippen molar-refractivity contribution in [1.29, 1.82) is 0 Å². The van der Waals surface area contributed by atoms with Gasteiger partial charge in [-0.25, -0.2) is 9.37 Å². The molecule has 0 unspecified atom stereocenters. The Kier molecular flexibility index (Phi) is 4.34. The highest BCUT2D eigenvalue weighted by Crippen LogP contribution is 2.31. The standard InChI is InChI=1S/C10H11BrF4N2O/c1-9(16,4-6(18)10(13,14)15)8-5(12)2-3-7(11)17-8/h2-3,6,18H,4,16H2,1H3/t6-,9+/m1/s1.